The molecule has 5 heteroatoms. The van der Waals surface area contributed by atoms with Crippen LogP contribution in [0.3, 0.4) is 0 Å². The van der Waals surface area contributed by atoms with Crippen molar-refractivity contribution in [2.24, 2.45) is 0 Å². The summed E-state index contributed by atoms with van der Waals surface area (Å²) >= 11 is 0. The van der Waals surface area contributed by atoms with Crippen LogP contribution in [0, 0.1) is 6.92 Å². The average molecular weight is 303 g/mol. The van der Waals surface area contributed by atoms with Gasteiger partial charge in [-0.2, -0.15) is 13.2 Å². The molecule has 0 heterocycles. The van der Waals surface area contributed by atoms with Gasteiger partial charge in [0.2, 0.25) is 0 Å². The first-order valence-electron chi connectivity index (χ1n) is 7.04. The van der Waals surface area contributed by atoms with E-state index >= 15 is 0 Å². The molecule has 21 heavy (non-hydrogen) atoms. The second-order valence-electron chi connectivity index (χ2n) is 6.40. The van der Waals surface area contributed by atoms with Crippen LogP contribution >= 0.6 is 0 Å². The topological polar surface area (TPSA) is 21.3 Å². The Kier molecular flexibility index (Phi) is 5.68. The van der Waals surface area contributed by atoms with Crippen molar-refractivity contribution in [3.05, 3.63) is 29.3 Å². The minimum atomic E-state index is -4.19. The number of aryl methyl sites for hydroxylation is 1. The van der Waals surface area contributed by atoms with E-state index < -0.39 is 12.7 Å². The molecule has 120 valence electrons. The van der Waals surface area contributed by atoms with E-state index in [0.717, 1.165) is 5.56 Å². The molecule has 1 aromatic rings. The molecule has 0 aliphatic carbocycles. The van der Waals surface area contributed by atoms with Gasteiger partial charge in [0.05, 0.1) is 6.54 Å². The molecule has 0 fully saturated rings. The van der Waals surface area contributed by atoms with Gasteiger partial charge in [-0.3, -0.25) is 0 Å². The van der Waals surface area contributed by atoms with E-state index in [9.17, 15) is 13.2 Å². The zero-order valence-corrected chi connectivity index (χ0v) is 13.3. The Balaban J connectivity index is 2.59. The number of halogens is 3. The summed E-state index contributed by atoms with van der Waals surface area (Å²) < 4.78 is 41.8. The Hall–Kier alpha value is -1.23. The van der Waals surface area contributed by atoms with Crippen LogP contribution < -0.4 is 10.1 Å². The summed E-state index contributed by atoms with van der Waals surface area (Å²) in [5.41, 5.74) is 2.25. The van der Waals surface area contributed by atoms with Crippen LogP contribution in [0.5, 0.6) is 5.75 Å². The molecule has 1 atom stereocenters. The molecule has 0 radical (unpaired) electrons. The number of rotatable bonds is 5. The van der Waals surface area contributed by atoms with Crippen LogP contribution in [-0.2, 0) is 5.41 Å². The van der Waals surface area contributed by atoms with Gasteiger partial charge in [-0.25, -0.2) is 0 Å². The third kappa shape index (κ3) is 6.38. The van der Waals surface area contributed by atoms with E-state index in [1.54, 1.807) is 6.92 Å². The lowest BCUT2D eigenvalue weighted by atomic mass is 9.86. The first-order chi connectivity index (χ1) is 9.49. The summed E-state index contributed by atoms with van der Waals surface area (Å²) in [6, 6.07) is 5.94. The number of alkyl halides is 3. The molecule has 0 aliphatic heterocycles. The van der Waals surface area contributed by atoms with E-state index in [1.807, 2.05) is 19.1 Å². The van der Waals surface area contributed by atoms with Crippen molar-refractivity contribution in [1.82, 2.24) is 5.32 Å². The largest absolute Gasteiger partial charge is 0.489 e. The van der Waals surface area contributed by atoms with Crippen molar-refractivity contribution in [3.8, 4) is 5.75 Å². The zero-order valence-electron chi connectivity index (χ0n) is 13.3. The lowest BCUT2D eigenvalue weighted by Gasteiger charge is -2.22. The summed E-state index contributed by atoms with van der Waals surface area (Å²) in [5.74, 6) is 0.712. The Morgan fingerprint density at radius 2 is 1.81 bits per heavy atom. The molecule has 0 spiro atoms. The minimum absolute atomic E-state index is 0.0587. The van der Waals surface area contributed by atoms with Gasteiger partial charge in [-0.15, -0.1) is 0 Å². The maximum absolute atomic E-state index is 12.0. The van der Waals surface area contributed by atoms with Gasteiger partial charge in [0.15, 0.2) is 0 Å². The first kappa shape index (κ1) is 17.8. The Labute approximate surface area is 124 Å². The van der Waals surface area contributed by atoms with Crippen LogP contribution in [0.2, 0.25) is 0 Å². The Morgan fingerprint density at radius 3 is 2.29 bits per heavy atom. The van der Waals surface area contributed by atoms with Crippen LogP contribution in [0.4, 0.5) is 13.2 Å². The molecule has 0 saturated carbocycles. The molecule has 1 N–H and O–H groups in total. The predicted octanol–water partition coefficient (Wildman–Crippen LogP) is 4.21. The number of nitrogens with one attached hydrogen (secondary N) is 1. The van der Waals surface area contributed by atoms with Gasteiger partial charge in [0.1, 0.15) is 11.9 Å². The summed E-state index contributed by atoms with van der Waals surface area (Å²) in [4.78, 5) is 0. The minimum Gasteiger partial charge on any atom is -0.489 e. The summed E-state index contributed by atoms with van der Waals surface area (Å²) in [5, 5.41) is 2.35. The Morgan fingerprint density at radius 1 is 1.19 bits per heavy atom. The molecule has 1 aromatic carbocycles. The van der Waals surface area contributed by atoms with Gasteiger partial charge in [-0.05, 0) is 36.5 Å². The number of hydrogen-bond acceptors (Lipinski definition) is 2. The van der Waals surface area contributed by atoms with Gasteiger partial charge >= 0.3 is 6.18 Å². The summed E-state index contributed by atoms with van der Waals surface area (Å²) in [7, 11) is 0. The van der Waals surface area contributed by atoms with Crippen molar-refractivity contribution in [2.75, 3.05) is 13.1 Å². The second kappa shape index (κ2) is 6.69. The molecule has 0 aromatic heterocycles. The molecular formula is C16H24F3NO. The van der Waals surface area contributed by atoms with Crippen LogP contribution in [0.1, 0.15) is 38.8 Å². The fraction of sp³-hybridized carbons (Fsp3) is 0.625. The fourth-order valence-corrected chi connectivity index (χ4v) is 1.92. The van der Waals surface area contributed by atoms with E-state index in [4.69, 9.17) is 4.74 Å². The summed E-state index contributed by atoms with van der Waals surface area (Å²) in [6.45, 7) is 9.24. The number of benzene rings is 1. The monoisotopic (exact) mass is 303 g/mol. The maximum Gasteiger partial charge on any atom is 0.401 e. The predicted molar refractivity (Wildman–Crippen MR) is 78.9 cm³/mol. The standard InChI is InChI=1S/C16H24F3NO/c1-11-8-13(15(3,4)5)6-7-14(11)21-12(2)9-20-10-16(17,18)19/h6-8,12,20H,9-10H2,1-5H3. The number of ether oxygens (including phenoxy) is 1. The van der Waals surface area contributed by atoms with E-state index in [1.165, 1.54) is 5.56 Å². The maximum atomic E-state index is 12.0. The van der Waals surface area contributed by atoms with Gasteiger partial charge < -0.3 is 10.1 Å². The highest BCUT2D eigenvalue weighted by molar-refractivity contribution is 5.38. The highest BCUT2D eigenvalue weighted by Crippen LogP contribution is 2.28. The van der Waals surface area contributed by atoms with Crippen molar-refractivity contribution in [1.29, 1.82) is 0 Å². The normalized spacial score (nSPS) is 14.1. The fourth-order valence-electron chi connectivity index (χ4n) is 1.92. The highest BCUT2D eigenvalue weighted by Gasteiger charge is 2.26. The second-order valence-corrected chi connectivity index (χ2v) is 6.40. The molecular weight excluding hydrogens is 279 g/mol. The van der Waals surface area contributed by atoms with E-state index in [0.29, 0.717) is 5.75 Å². The molecule has 0 bridgehead atoms. The van der Waals surface area contributed by atoms with Crippen LogP contribution in [0.25, 0.3) is 0 Å². The van der Waals surface area contributed by atoms with Gasteiger partial charge in [0.25, 0.3) is 0 Å². The molecule has 0 aliphatic rings. The third-order valence-corrected chi connectivity index (χ3v) is 3.13. The lowest BCUT2D eigenvalue weighted by molar-refractivity contribution is -0.125. The molecule has 1 rings (SSSR count). The quantitative estimate of drug-likeness (QED) is 0.879. The number of hydrogen-bond donors (Lipinski definition) is 1. The van der Waals surface area contributed by atoms with Crippen LogP contribution in [0.15, 0.2) is 18.2 Å². The van der Waals surface area contributed by atoms with Gasteiger partial charge in [0, 0.05) is 6.54 Å². The smallest absolute Gasteiger partial charge is 0.401 e. The van der Waals surface area contributed by atoms with Gasteiger partial charge in [-0.1, -0.05) is 32.9 Å². The van der Waals surface area contributed by atoms with Crippen molar-refractivity contribution in [3.63, 3.8) is 0 Å². The van der Waals surface area contributed by atoms with Crippen molar-refractivity contribution in [2.45, 2.75) is 52.3 Å². The van der Waals surface area contributed by atoms with Crippen molar-refractivity contribution < 1.29 is 17.9 Å². The van der Waals surface area contributed by atoms with E-state index in [-0.39, 0.29) is 18.1 Å². The zero-order chi connectivity index (χ0) is 16.3. The van der Waals surface area contributed by atoms with E-state index in [2.05, 4.69) is 32.2 Å². The highest BCUT2D eigenvalue weighted by atomic mass is 19.4. The van der Waals surface area contributed by atoms with Crippen LogP contribution in [-0.4, -0.2) is 25.4 Å². The Bertz CT molecular complexity index is 464. The molecule has 0 saturated heterocycles. The molecule has 0 amide bonds. The average Bonchev–Trinajstić information content (AvgIpc) is 2.28. The molecule has 2 nitrogen and oxygen atoms in total. The summed E-state index contributed by atoms with van der Waals surface area (Å²) in [6.07, 6.45) is -4.52. The first-order valence-corrected chi connectivity index (χ1v) is 7.04. The lowest BCUT2D eigenvalue weighted by Crippen LogP contribution is -2.35. The third-order valence-electron chi connectivity index (χ3n) is 3.13. The van der Waals surface area contributed by atoms with Crippen molar-refractivity contribution >= 4 is 0 Å². The molecule has 1 unspecified atom stereocenters. The SMILES string of the molecule is Cc1cc(C(C)(C)C)ccc1OC(C)CNCC(F)(F)F.